The van der Waals surface area contributed by atoms with Gasteiger partial charge in [0.2, 0.25) is 5.11 Å². The fourth-order valence-corrected chi connectivity index (χ4v) is 2.27. The lowest BCUT2D eigenvalue weighted by atomic mass is 10.2. The maximum absolute atomic E-state index is 13.6. The van der Waals surface area contributed by atoms with Gasteiger partial charge < -0.3 is 15.4 Å². The number of aromatic nitrogens is 1. The fourth-order valence-electron chi connectivity index (χ4n) is 2.11. The van der Waals surface area contributed by atoms with Gasteiger partial charge >= 0.3 is 0 Å². The third kappa shape index (κ3) is 3.19. The van der Waals surface area contributed by atoms with Gasteiger partial charge in [-0.2, -0.15) is 0 Å². The first-order valence-electron chi connectivity index (χ1n) is 6.83. The van der Waals surface area contributed by atoms with Crippen LogP contribution in [0.4, 0.5) is 15.9 Å². The smallest absolute Gasteiger partial charge is 0.218 e. The number of thiocarbonyl (C=S) groups is 1. The maximum Gasteiger partial charge on any atom is 0.218 e. The number of nitrogens with zero attached hydrogens (tertiary/aromatic N) is 2. The molecule has 0 amide bonds. The molecule has 0 radical (unpaired) electrons. The van der Waals surface area contributed by atoms with Crippen molar-refractivity contribution >= 4 is 39.7 Å². The lowest BCUT2D eigenvalue weighted by Gasteiger charge is -2.02. The number of halogens is 1. The van der Waals surface area contributed by atoms with E-state index in [1.54, 1.807) is 6.07 Å². The Kier molecular flexibility index (Phi) is 4.03. The number of aromatic hydroxyl groups is 1. The van der Waals surface area contributed by atoms with Crippen molar-refractivity contribution in [3.05, 3.63) is 53.8 Å². The summed E-state index contributed by atoms with van der Waals surface area (Å²) in [5, 5.41) is 21.1. The standard InChI is InChI=1S/C16H13FN4OS/c1-9-5-7-10(8-6-9)18-16(23)21-20-15-14(22)11-3-2-4-12(17)13(11)19-15/h2-8,19,22H,1H3,(H,18,23). The van der Waals surface area contributed by atoms with E-state index in [1.165, 1.54) is 12.1 Å². The van der Waals surface area contributed by atoms with Crippen LogP contribution in [0, 0.1) is 12.7 Å². The van der Waals surface area contributed by atoms with Crippen LogP contribution in [-0.2, 0) is 0 Å². The summed E-state index contributed by atoms with van der Waals surface area (Å²) in [6.07, 6.45) is 0. The van der Waals surface area contributed by atoms with Crippen molar-refractivity contribution in [2.24, 2.45) is 10.2 Å². The third-order valence-corrected chi connectivity index (χ3v) is 3.46. The molecule has 5 nitrogen and oxygen atoms in total. The number of hydrogen-bond donors (Lipinski definition) is 3. The van der Waals surface area contributed by atoms with E-state index < -0.39 is 5.82 Å². The lowest BCUT2D eigenvalue weighted by molar-refractivity contribution is 0.482. The van der Waals surface area contributed by atoms with E-state index >= 15 is 0 Å². The van der Waals surface area contributed by atoms with Crippen LogP contribution >= 0.6 is 12.2 Å². The number of hydrogen-bond acceptors (Lipinski definition) is 3. The lowest BCUT2D eigenvalue weighted by Crippen LogP contribution is -2.04. The predicted octanol–water partition coefficient (Wildman–Crippen LogP) is 4.80. The summed E-state index contributed by atoms with van der Waals surface area (Å²) in [7, 11) is 0. The minimum atomic E-state index is -0.473. The van der Waals surface area contributed by atoms with Crippen molar-refractivity contribution in [2.45, 2.75) is 6.92 Å². The summed E-state index contributed by atoms with van der Waals surface area (Å²) in [5.41, 5.74) is 2.09. The number of azo groups is 1. The number of aryl methyl sites for hydroxylation is 1. The molecule has 3 rings (SSSR count). The van der Waals surface area contributed by atoms with E-state index in [4.69, 9.17) is 12.2 Å². The van der Waals surface area contributed by atoms with Gasteiger partial charge in [-0.1, -0.05) is 23.8 Å². The number of anilines is 1. The molecule has 1 heterocycles. The molecule has 0 aliphatic carbocycles. The molecule has 23 heavy (non-hydrogen) atoms. The van der Waals surface area contributed by atoms with Crippen molar-refractivity contribution in [3.8, 4) is 5.75 Å². The van der Waals surface area contributed by atoms with Gasteiger partial charge in [-0.15, -0.1) is 10.2 Å². The van der Waals surface area contributed by atoms with Crippen molar-refractivity contribution in [1.29, 1.82) is 0 Å². The molecule has 2 aromatic carbocycles. The van der Waals surface area contributed by atoms with E-state index in [9.17, 15) is 9.50 Å². The number of H-pyrrole nitrogens is 1. The summed E-state index contributed by atoms with van der Waals surface area (Å²) < 4.78 is 13.6. The minimum absolute atomic E-state index is 0.0538. The Bertz CT molecular complexity index is 902. The molecule has 3 N–H and O–H groups in total. The summed E-state index contributed by atoms with van der Waals surface area (Å²) >= 11 is 5.08. The molecule has 0 bridgehead atoms. The number of benzene rings is 2. The Labute approximate surface area is 136 Å². The fraction of sp³-hybridized carbons (Fsp3) is 0.0625. The van der Waals surface area contributed by atoms with Crippen LogP contribution in [0.1, 0.15) is 5.56 Å². The summed E-state index contributed by atoms with van der Waals surface area (Å²) in [6.45, 7) is 1.99. The summed E-state index contributed by atoms with van der Waals surface area (Å²) in [5.74, 6) is -0.584. The van der Waals surface area contributed by atoms with E-state index in [0.29, 0.717) is 5.39 Å². The number of nitrogens with one attached hydrogen (secondary N) is 2. The van der Waals surface area contributed by atoms with Gasteiger partial charge in [0.05, 0.1) is 5.52 Å². The third-order valence-electron chi connectivity index (χ3n) is 3.28. The highest BCUT2D eigenvalue weighted by atomic mass is 32.1. The predicted molar refractivity (Wildman–Crippen MR) is 91.8 cm³/mol. The van der Waals surface area contributed by atoms with Crippen LogP contribution in [0.2, 0.25) is 0 Å². The Hall–Kier alpha value is -2.80. The molecule has 7 heteroatoms. The average molecular weight is 328 g/mol. The monoisotopic (exact) mass is 328 g/mol. The maximum atomic E-state index is 13.6. The van der Waals surface area contributed by atoms with Crippen LogP contribution in [-0.4, -0.2) is 15.2 Å². The van der Waals surface area contributed by atoms with Gasteiger partial charge in [-0.25, -0.2) is 4.39 Å². The number of aromatic amines is 1. The Balaban J connectivity index is 1.79. The Morgan fingerprint density at radius 3 is 2.65 bits per heavy atom. The molecule has 0 aliphatic heterocycles. The van der Waals surface area contributed by atoms with Crippen LogP contribution in [0.15, 0.2) is 52.7 Å². The molecule has 0 aliphatic rings. The SMILES string of the molecule is Cc1ccc(NC(=S)N=Nc2[nH]c3c(F)cccc3c2O)cc1. The van der Waals surface area contributed by atoms with E-state index in [0.717, 1.165) is 11.3 Å². The molecule has 0 saturated carbocycles. The van der Waals surface area contributed by atoms with Gasteiger partial charge in [-0.3, -0.25) is 0 Å². The van der Waals surface area contributed by atoms with Gasteiger partial charge in [0.1, 0.15) is 5.82 Å². The zero-order valence-electron chi connectivity index (χ0n) is 12.2. The van der Waals surface area contributed by atoms with Gasteiger partial charge in [0.25, 0.3) is 0 Å². The normalized spacial score (nSPS) is 11.2. The zero-order valence-corrected chi connectivity index (χ0v) is 13.0. The molecule has 0 fully saturated rings. The van der Waals surface area contributed by atoms with E-state index in [2.05, 4.69) is 20.5 Å². The molecule has 3 aromatic rings. The zero-order chi connectivity index (χ0) is 16.4. The summed E-state index contributed by atoms with van der Waals surface area (Å²) in [6, 6.07) is 12.0. The highest BCUT2D eigenvalue weighted by Crippen LogP contribution is 2.35. The highest BCUT2D eigenvalue weighted by molar-refractivity contribution is 7.80. The highest BCUT2D eigenvalue weighted by Gasteiger charge is 2.12. The number of rotatable bonds is 2. The molecular weight excluding hydrogens is 315 g/mol. The molecule has 0 atom stereocenters. The first-order chi connectivity index (χ1) is 11.0. The van der Waals surface area contributed by atoms with Gasteiger partial charge in [-0.05, 0) is 43.4 Å². The first-order valence-corrected chi connectivity index (χ1v) is 7.24. The Morgan fingerprint density at radius 1 is 1.22 bits per heavy atom. The second-order valence-electron chi connectivity index (χ2n) is 4.98. The molecule has 1 aromatic heterocycles. The number of fused-ring (bicyclic) bond motifs is 1. The molecule has 0 saturated heterocycles. The second-order valence-corrected chi connectivity index (χ2v) is 5.37. The van der Waals surface area contributed by atoms with Crippen molar-refractivity contribution in [2.75, 3.05) is 5.32 Å². The van der Waals surface area contributed by atoms with Crippen LogP contribution in [0.3, 0.4) is 0 Å². The Morgan fingerprint density at radius 2 is 1.96 bits per heavy atom. The van der Waals surface area contributed by atoms with Gasteiger partial charge in [0.15, 0.2) is 11.6 Å². The quantitative estimate of drug-likeness (QED) is 0.467. The molecular formula is C16H13FN4OS. The topological polar surface area (TPSA) is 72.8 Å². The van der Waals surface area contributed by atoms with Crippen molar-refractivity contribution in [3.63, 3.8) is 0 Å². The van der Waals surface area contributed by atoms with Gasteiger partial charge in [0, 0.05) is 11.1 Å². The van der Waals surface area contributed by atoms with E-state index in [1.807, 2.05) is 31.2 Å². The molecule has 116 valence electrons. The van der Waals surface area contributed by atoms with Crippen LogP contribution in [0.5, 0.6) is 5.75 Å². The molecule has 0 unspecified atom stereocenters. The summed E-state index contributed by atoms with van der Waals surface area (Å²) in [4.78, 5) is 2.69. The van der Waals surface area contributed by atoms with Crippen molar-refractivity contribution < 1.29 is 9.50 Å². The average Bonchev–Trinajstić information content (AvgIpc) is 2.86. The second kappa shape index (κ2) is 6.13. The van der Waals surface area contributed by atoms with Crippen LogP contribution < -0.4 is 5.32 Å². The van der Waals surface area contributed by atoms with Crippen LogP contribution in [0.25, 0.3) is 10.9 Å². The minimum Gasteiger partial charge on any atom is -0.504 e. The number of para-hydroxylation sites is 1. The van der Waals surface area contributed by atoms with Crippen molar-refractivity contribution in [1.82, 2.24) is 4.98 Å². The largest absolute Gasteiger partial charge is 0.504 e. The van der Waals surface area contributed by atoms with E-state index in [-0.39, 0.29) is 22.2 Å². The first kappa shape index (κ1) is 15.1. The molecule has 0 spiro atoms.